The smallest absolute Gasteiger partial charge is 0.255 e. The van der Waals surface area contributed by atoms with Crippen LogP contribution in [0.5, 0.6) is 0 Å². The first kappa shape index (κ1) is 18.1. The summed E-state index contributed by atoms with van der Waals surface area (Å²) in [6, 6.07) is 9.40. The number of carbonyl (C=O) groups excluding carboxylic acids is 1. The Bertz CT molecular complexity index is 813. The minimum atomic E-state index is -3.51. The number of aryl methyl sites for hydroxylation is 1. The van der Waals surface area contributed by atoms with Crippen molar-refractivity contribution in [2.45, 2.75) is 25.7 Å². The van der Waals surface area contributed by atoms with Crippen LogP contribution in [0.25, 0.3) is 0 Å². The van der Waals surface area contributed by atoms with E-state index in [0.29, 0.717) is 24.3 Å². The van der Waals surface area contributed by atoms with Crippen LogP contribution in [-0.2, 0) is 10.0 Å². The molecule has 1 heterocycles. The van der Waals surface area contributed by atoms with Gasteiger partial charge < -0.3 is 5.32 Å². The first-order chi connectivity index (χ1) is 11.4. The van der Waals surface area contributed by atoms with Crippen LogP contribution in [-0.4, -0.2) is 36.7 Å². The number of aromatic nitrogens is 1. The van der Waals surface area contributed by atoms with Gasteiger partial charge >= 0.3 is 0 Å². The van der Waals surface area contributed by atoms with Crippen LogP contribution in [0.3, 0.4) is 0 Å². The van der Waals surface area contributed by atoms with Crippen molar-refractivity contribution >= 4 is 21.6 Å². The van der Waals surface area contributed by atoms with E-state index >= 15 is 0 Å². The Morgan fingerprint density at radius 1 is 1.12 bits per heavy atom. The number of hydrogen-bond acceptors (Lipinski definition) is 4. The van der Waals surface area contributed by atoms with Crippen LogP contribution in [0.4, 0.5) is 5.69 Å². The van der Waals surface area contributed by atoms with Crippen LogP contribution in [0.1, 0.15) is 29.9 Å². The number of benzene rings is 1. The molecule has 0 saturated carbocycles. The van der Waals surface area contributed by atoms with Crippen molar-refractivity contribution in [1.82, 2.24) is 9.29 Å². The molecule has 0 atom stereocenters. The predicted octanol–water partition coefficient (Wildman–Crippen LogP) is 2.67. The molecule has 128 valence electrons. The molecule has 0 bridgehead atoms. The Morgan fingerprint density at radius 2 is 1.75 bits per heavy atom. The fourth-order valence-corrected chi connectivity index (χ4v) is 3.78. The highest BCUT2D eigenvalue weighted by Crippen LogP contribution is 2.17. The highest BCUT2D eigenvalue weighted by molar-refractivity contribution is 7.89. The molecule has 0 aliphatic rings. The lowest BCUT2D eigenvalue weighted by Gasteiger charge is -2.18. The first-order valence-electron chi connectivity index (χ1n) is 7.72. The Kier molecular flexibility index (Phi) is 5.69. The summed E-state index contributed by atoms with van der Waals surface area (Å²) in [5.74, 6) is -0.299. The van der Waals surface area contributed by atoms with E-state index in [9.17, 15) is 13.2 Å². The summed E-state index contributed by atoms with van der Waals surface area (Å²) in [5.41, 5.74) is 1.84. The van der Waals surface area contributed by atoms with E-state index in [4.69, 9.17) is 0 Å². The van der Waals surface area contributed by atoms with Gasteiger partial charge in [-0.3, -0.25) is 9.78 Å². The number of pyridine rings is 1. The van der Waals surface area contributed by atoms with Crippen molar-refractivity contribution in [2.24, 2.45) is 0 Å². The van der Waals surface area contributed by atoms with Gasteiger partial charge in [-0.1, -0.05) is 13.8 Å². The third-order valence-electron chi connectivity index (χ3n) is 3.61. The van der Waals surface area contributed by atoms with Crippen LogP contribution < -0.4 is 5.32 Å². The number of amides is 1. The van der Waals surface area contributed by atoms with Crippen LogP contribution in [0.15, 0.2) is 47.5 Å². The predicted molar refractivity (Wildman–Crippen MR) is 93.5 cm³/mol. The van der Waals surface area contributed by atoms with E-state index in [2.05, 4.69) is 10.3 Å². The normalized spacial score (nSPS) is 11.5. The van der Waals surface area contributed by atoms with Crippen LogP contribution in [0.2, 0.25) is 0 Å². The summed E-state index contributed by atoms with van der Waals surface area (Å²) in [5, 5.41) is 2.76. The molecule has 2 aromatic rings. The van der Waals surface area contributed by atoms with E-state index in [1.165, 1.54) is 28.6 Å². The molecule has 0 aliphatic heterocycles. The summed E-state index contributed by atoms with van der Waals surface area (Å²) in [7, 11) is -3.51. The third kappa shape index (κ3) is 3.98. The maximum atomic E-state index is 12.4. The average Bonchev–Trinajstić information content (AvgIpc) is 2.56. The van der Waals surface area contributed by atoms with Gasteiger partial charge in [0.15, 0.2) is 0 Å². The summed E-state index contributed by atoms with van der Waals surface area (Å²) in [6.07, 6.45) is 1.62. The van der Waals surface area contributed by atoms with Crippen molar-refractivity contribution < 1.29 is 13.2 Å². The standard InChI is InChI=1S/C17H21N3O3S/c1-4-20(5-2)24(22,23)16-8-6-14(7-9-16)17(21)19-15-10-11-18-13(3)12-15/h6-12H,4-5H2,1-3H3,(H,18,19,21). The molecule has 0 saturated heterocycles. The van der Waals surface area contributed by atoms with E-state index in [1.807, 2.05) is 6.92 Å². The van der Waals surface area contributed by atoms with E-state index in [-0.39, 0.29) is 10.8 Å². The van der Waals surface area contributed by atoms with Crippen molar-refractivity contribution in [1.29, 1.82) is 0 Å². The van der Waals surface area contributed by atoms with Crippen molar-refractivity contribution in [3.63, 3.8) is 0 Å². The topological polar surface area (TPSA) is 79.4 Å². The second-order valence-electron chi connectivity index (χ2n) is 5.25. The Morgan fingerprint density at radius 3 is 2.29 bits per heavy atom. The summed E-state index contributed by atoms with van der Waals surface area (Å²) < 4.78 is 26.2. The molecule has 1 aromatic heterocycles. The minimum Gasteiger partial charge on any atom is -0.322 e. The highest BCUT2D eigenvalue weighted by Gasteiger charge is 2.21. The summed E-state index contributed by atoms with van der Waals surface area (Å²) in [6.45, 7) is 6.23. The second-order valence-corrected chi connectivity index (χ2v) is 7.19. The number of rotatable bonds is 6. The third-order valence-corrected chi connectivity index (χ3v) is 5.68. The van der Waals surface area contributed by atoms with Gasteiger partial charge in [0.05, 0.1) is 4.90 Å². The highest BCUT2D eigenvalue weighted by atomic mass is 32.2. The number of hydrogen-bond donors (Lipinski definition) is 1. The number of anilines is 1. The lowest BCUT2D eigenvalue weighted by Crippen LogP contribution is -2.30. The molecular weight excluding hydrogens is 326 g/mol. The zero-order valence-corrected chi connectivity index (χ0v) is 14.8. The van der Waals surface area contributed by atoms with Gasteiger partial charge in [0, 0.05) is 36.2 Å². The molecule has 0 unspecified atom stereocenters. The molecule has 0 fully saturated rings. The number of sulfonamides is 1. The molecule has 1 N–H and O–H groups in total. The van der Waals surface area contributed by atoms with Crippen LogP contribution in [0, 0.1) is 6.92 Å². The van der Waals surface area contributed by atoms with Gasteiger partial charge in [0.1, 0.15) is 0 Å². The maximum Gasteiger partial charge on any atom is 0.255 e. The SMILES string of the molecule is CCN(CC)S(=O)(=O)c1ccc(C(=O)Nc2ccnc(C)c2)cc1. The fraction of sp³-hybridized carbons (Fsp3) is 0.294. The Hall–Kier alpha value is -2.25. The number of nitrogens with one attached hydrogen (secondary N) is 1. The molecule has 24 heavy (non-hydrogen) atoms. The van der Waals surface area contributed by atoms with E-state index < -0.39 is 10.0 Å². The second kappa shape index (κ2) is 7.55. The summed E-state index contributed by atoms with van der Waals surface area (Å²) in [4.78, 5) is 16.5. The Labute approximate surface area is 142 Å². The summed E-state index contributed by atoms with van der Waals surface area (Å²) >= 11 is 0. The lowest BCUT2D eigenvalue weighted by molar-refractivity contribution is 0.102. The zero-order chi connectivity index (χ0) is 17.7. The maximum absolute atomic E-state index is 12.4. The van der Waals surface area contributed by atoms with Gasteiger partial charge in [-0.25, -0.2) is 8.42 Å². The van der Waals surface area contributed by atoms with Gasteiger partial charge in [0.25, 0.3) is 5.91 Å². The van der Waals surface area contributed by atoms with Crippen molar-refractivity contribution in [3.8, 4) is 0 Å². The molecule has 1 amide bonds. The zero-order valence-electron chi connectivity index (χ0n) is 14.0. The van der Waals surface area contributed by atoms with Crippen molar-refractivity contribution in [2.75, 3.05) is 18.4 Å². The quantitative estimate of drug-likeness (QED) is 0.871. The molecule has 0 aliphatic carbocycles. The van der Waals surface area contributed by atoms with Gasteiger partial charge in [-0.2, -0.15) is 4.31 Å². The Balaban J connectivity index is 2.18. The number of carbonyl (C=O) groups is 1. The molecule has 2 rings (SSSR count). The van der Waals surface area contributed by atoms with Gasteiger partial charge in [-0.05, 0) is 43.3 Å². The monoisotopic (exact) mass is 347 g/mol. The molecule has 6 nitrogen and oxygen atoms in total. The molecule has 0 spiro atoms. The number of nitrogens with zero attached hydrogens (tertiary/aromatic N) is 2. The molecular formula is C17H21N3O3S. The van der Waals surface area contributed by atoms with Gasteiger partial charge in [0.2, 0.25) is 10.0 Å². The van der Waals surface area contributed by atoms with Crippen LogP contribution >= 0.6 is 0 Å². The first-order valence-corrected chi connectivity index (χ1v) is 9.16. The largest absolute Gasteiger partial charge is 0.322 e. The average molecular weight is 347 g/mol. The molecule has 1 aromatic carbocycles. The lowest BCUT2D eigenvalue weighted by atomic mass is 10.2. The molecule has 7 heteroatoms. The van der Waals surface area contributed by atoms with Crippen molar-refractivity contribution in [3.05, 3.63) is 53.9 Å². The molecule has 0 radical (unpaired) electrons. The fourth-order valence-electron chi connectivity index (χ4n) is 2.32. The van der Waals surface area contributed by atoms with E-state index in [0.717, 1.165) is 5.69 Å². The van der Waals surface area contributed by atoms with Gasteiger partial charge in [-0.15, -0.1) is 0 Å². The minimum absolute atomic E-state index is 0.183. The van der Waals surface area contributed by atoms with E-state index in [1.54, 1.807) is 32.2 Å².